The number of nitrogens with zero attached hydrogens (tertiary/aromatic N) is 4. The number of urea groups is 1. The van der Waals surface area contributed by atoms with Crippen LogP contribution in [0.15, 0.2) is 9.42 Å². The number of carbonyl (C=O) groups excluding carboxylic acids is 3. The van der Waals surface area contributed by atoms with Gasteiger partial charge in [-0.3, -0.25) is 14.5 Å². The zero-order valence-electron chi connectivity index (χ0n) is 18.6. The molecule has 11 nitrogen and oxygen atoms in total. The van der Waals surface area contributed by atoms with Gasteiger partial charge in [0.2, 0.25) is 15.9 Å². The third-order valence-electron chi connectivity index (χ3n) is 6.95. The van der Waals surface area contributed by atoms with Gasteiger partial charge in [-0.15, -0.1) is 0 Å². The lowest BCUT2D eigenvalue weighted by Crippen LogP contribution is -2.55. The highest BCUT2D eigenvalue weighted by Gasteiger charge is 2.55. The van der Waals surface area contributed by atoms with Crippen molar-refractivity contribution in [3.8, 4) is 0 Å². The van der Waals surface area contributed by atoms with Crippen molar-refractivity contribution >= 4 is 27.9 Å². The first-order valence-electron chi connectivity index (χ1n) is 10.9. The summed E-state index contributed by atoms with van der Waals surface area (Å²) in [7, 11) is -3.78. The number of nitrogens with one attached hydrogen (secondary N) is 1. The van der Waals surface area contributed by atoms with E-state index in [0.29, 0.717) is 12.1 Å². The summed E-state index contributed by atoms with van der Waals surface area (Å²) in [5.74, 6) is -0.456. The normalized spacial score (nSPS) is 27.3. The van der Waals surface area contributed by atoms with Gasteiger partial charge in [0.05, 0.1) is 0 Å². The van der Waals surface area contributed by atoms with Crippen LogP contribution in [-0.4, -0.2) is 83.8 Å². The third-order valence-corrected chi connectivity index (χ3v) is 9.10. The zero-order chi connectivity index (χ0) is 23.3. The Morgan fingerprint density at radius 1 is 1.19 bits per heavy atom. The maximum atomic E-state index is 13.1. The van der Waals surface area contributed by atoms with Crippen LogP contribution in [0.5, 0.6) is 0 Å². The van der Waals surface area contributed by atoms with Crippen molar-refractivity contribution in [1.82, 2.24) is 24.6 Å². The topological polar surface area (TPSA) is 133 Å². The number of hydrogen-bond donors (Lipinski definition) is 1. The van der Waals surface area contributed by atoms with Gasteiger partial charge in [-0.1, -0.05) is 24.9 Å². The Balaban J connectivity index is 1.39. The van der Waals surface area contributed by atoms with Gasteiger partial charge in [0, 0.05) is 26.2 Å². The van der Waals surface area contributed by atoms with E-state index in [9.17, 15) is 22.8 Å². The van der Waals surface area contributed by atoms with Crippen LogP contribution in [0.1, 0.15) is 44.1 Å². The molecule has 2 aliphatic heterocycles. The Kier molecular flexibility index (Phi) is 5.78. The van der Waals surface area contributed by atoms with Crippen molar-refractivity contribution < 1.29 is 27.3 Å². The molecule has 1 N–H and O–H groups in total. The second-order valence-corrected chi connectivity index (χ2v) is 10.8. The first-order chi connectivity index (χ1) is 15.1. The van der Waals surface area contributed by atoms with E-state index < -0.39 is 21.6 Å². The number of carbonyl (C=O) groups is 3. The molecule has 1 spiro atoms. The Morgan fingerprint density at radius 3 is 2.47 bits per heavy atom. The molecule has 0 radical (unpaired) electrons. The average molecular weight is 468 g/mol. The summed E-state index contributed by atoms with van der Waals surface area (Å²) < 4.78 is 32.2. The Labute approximate surface area is 187 Å². The minimum atomic E-state index is -3.78. The summed E-state index contributed by atoms with van der Waals surface area (Å²) in [5.41, 5.74) is -0.609. The van der Waals surface area contributed by atoms with E-state index in [2.05, 4.69) is 10.5 Å². The van der Waals surface area contributed by atoms with Gasteiger partial charge in [-0.05, 0) is 32.6 Å². The molecule has 3 fully saturated rings. The number of hydrogen-bond acceptors (Lipinski definition) is 7. The molecular formula is C20H29N5O6S. The van der Waals surface area contributed by atoms with E-state index in [1.54, 1.807) is 13.8 Å². The highest BCUT2D eigenvalue weighted by molar-refractivity contribution is 7.89. The Bertz CT molecular complexity index is 1030. The fourth-order valence-electron chi connectivity index (χ4n) is 5.02. The van der Waals surface area contributed by atoms with Crippen LogP contribution >= 0.6 is 0 Å². The molecule has 2 atom stereocenters. The van der Waals surface area contributed by atoms with E-state index >= 15 is 0 Å². The van der Waals surface area contributed by atoms with Crippen molar-refractivity contribution in [2.45, 2.75) is 56.9 Å². The van der Waals surface area contributed by atoms with Crippen LogP contribution < -0.4 is 5.32 Å². The molecule has 12 heteroatoms. The number of sulfonamides is 1. The minimum absolute atomic E-state index is 0.0193. The molecule has 3 aliphatic rings. The summed E-state index contributed by atoms with van der Waals surface area (Å²) in [6.07, 6.45) is 3.32. The lowest BCUT2D eigenvalue weighted by Gasteiger charge is -2.37. The van der Waals surface area contributed by atoms with Gasteiger partial charge in [0.25, 0.3) is 5.91 Å². The fourth-order valence-corrected chi connectivity index (χ4v) is 6.74. The van der Waals surface area contributed by atoms with Crippen molar-refractivity contribution in [2.24, 2.45) is 5.92 Å². The lowest BCUT2D eigenvalue weighted by molar-refractivity contribution is -0.141. The lowest BCUT2D eigenvalue weighted by atomic mass is 9.73. The predicted octanol–water partition coefficient (Wildman–Crippen LogP) is 0.625. The quantitative estimate of drug-likeness (QED) is 0.642. The average Bonchev–Trinajstić information content (AvgIpc) is 3.22. The van der Waals surface area contributed by atoms with Crippen LogP contribution in [0.2, 0.25) is 0 Å². The molecule has 3 heterocycles. The van der Waals surface area contributed by atoms with E-state index in [1.165, 1.54) is 9.21 Å². The van der Waals surface area contributed by atoms with E-state index in [0.717, 1.165) is 24.2 Å². The standard InChI is InChI=1S/C20H29N5O6S/c1-13-6-4-5-7-20(13)18(27)25(19(28)21-20)12-16(26)23-8-10-24(11-9-23)32(29,30)17-14(2)22-31-15(17)3/h13H,4-12H2,1-3H3,(H,21,28)/t13-,20+/m0/s1. The SMILES string of the molecule is Cc1noc(C)c1S(=O)(=O)N1CCN(C(=O)CN2C(=O)N[C@@]3(CCCC[C@@H]3C)C2=O)CC1. The van der Waals surface area contributed by atoms with E-state index in [-0.39, 0.29) is 61.1 Å². The van der Waals surface area contributed by atoms with Gasteiger partial charge in [0.15, 0.2) is 5.76 Å². The summed E-state index contributed by atoms with van der Waals surface area (Å²) in [6.45, 7) is 5.31. The summed E-state index contributed by atoms with van der Waals surface area (Å²) in [6, 6.07) is -0.531. The second-order valence-electron chi connectivity index (χ2n) is 8.88. The number of aryl methyl sites for hydroxylation is 2. The van der Waals surface area contributed by atoms with Crippen molar-refractivity contribution in [3.63, 3.8) is 0 Å². The second kappa shape index (κ2) is 8.14. The molecule has 1 aliphatic carbocycles. The number of piperazine rings is 1. The molecule has 176 valence electrons. The van der Waals surface area contributed by atoms with Gasteiger partial charge < -0.3 is 14.7 Å². The van der Waals surface area contributed by atoms with E-state index in [1.807, 2.05) is 6.92 Å². The van der Waals surface area contributed by atoms with Crippen LogP contribution in [0.4, 0.5) is 4.79 Å². The maximum absolute atomic E-state index is 13.1. The Hall–Kier alpha value is -2.47. The molecule has 1 aromatic heterocycles. The third kappa shape index (κ3) is 3.58. The fraction of sp³-hybridized carbons (Fsp3) is 0.700. The highest BCUT2D eigenvalue weighted by Crippen LogP contribution is 2.38. The molecule has 0 unspecified atom stereocenters. The minimum Gasteiger partial charge on any atom is -0.360 e. The molecule has 1 saturated carbocycles. The van der Waals surface area contributed by atoms with Gasteiger partial charge >= 0.3 is 6.03 Å². The monoisotopic (exact) mass is 467 g/mol. The molecule has 0 bridgehead atoms. The summed E-state index contributed by atoms with van der Waals surface area (Å²) in [5, 5.41) is 6.56. The largest absolute Gasteiger partial charge is 0.360 e. The molecule has 1 aromatic rings. The molecular weight excluding hydrogens is 438 g/mol. The summed E-state index contributed by atoms with van der Waals surface area (Å²) in [4.78, 5) is 41.0. The van der Waals surface area contributed by atoms with Crippen molar-refractivity contribution in [1.29, 1.82) is 0 Å². The number of rotatable bonds is 4. The first-order valence-corrected chi connectivity index (χ1v) is 12.4. The molecule has 2 saturated heterocycles. The predicted molar refractivity (Wildman–Crippen MR) is 112 cm³/mol. The van der Waals surface area contributed by atoms with Crippen molar-refractivity contribution in [2.75, 3.05) is 32.7 Å². The van der Waals surface area contributed by atoms with Crippen LogP contribution in [0.25, 0.3) is 0 Å². The van der Waals surface area contributed by atoms with Crippen LogP contribution in [0, 0.1) is 19.8 Å². The molecule has 4 rings (SSSR count). The molecule has 0 aromatic carbocycles. The molecule has 32 heavy (non-hydrogen) atoms. The Morgan fingerprint density at radius 2 is 1.88 bits per heavy atom. The van der Waals surface area contributed by atoms with Gasteiger partial charge in [-0.2, -0.15) is 4.31 Å². The maximum Gasteiger partial charge on any atom is 0.325 e. The number of aromatic nitrogens is 1. The highest BCUT2D eigenvalue weighted by atomic mass is 32.2. The van der Waals surface area contributed by atoms with Crippen LogP contribution in [0.3, 0.4) is 0 Å². The first kappa shape index (κ1) is 22.7. The van der Waals surface area contributed by atoms with Crippen molar-refractivity contribution in [3.05, 3.63) is 11.5 Å². The van der Waals surface area contributed by atoms with Gasteiger partial charge in [-0.25, -0.2) is 13.2 Å². The molecule has 4 amide bonds. The summed E-state index contributed by atoms with van der Waals surface area (Å²) >= 11 is 0. The zero-order valence-corrected chi connectivity index (χ0v) is 19.4. The van der Waals surface area contributed by atoms with Crippen LogP contribution in [-0.2, 0) is 19.6 Å². The smallest absolute Gasteiger partial charge is 0.325 e. The van der Waals surface area contributed by atoms with E-state index in [4.69, 9.17) is 4.52 Å². The van der Waals surface area contributed by atoms with Gasteiger partial charge in [0.1, 0.15) is 22.7 Å². The number of amides is 4. The number of imide groups is 1.